The maximum atomic E-state index is 9.47. The van der Waals surface area contributed by atoms with Crippen LogP contribution >= 0.6 is 0 Å². The lowest BCUT2D eigenvalue weighted by Gasteiger charge is -1.63. The quantitative estimate of drug-likeness (QED) is 0.307. The van der Waals surface area contributed by atoms with Crippen LogP contribution in [0.1, 0.15) is 0 Å². The zero-order chi connectivity index (χ0) is 4.28. The van der Waals surface area contributed by atoms with Gasteiger partial charge in [0, 0.05) is 0 Å². The van der Waals surface area contributed by atoms with E-state index >= 15 is 0 Å². The van der Waals surface area contributed by atoms with Crippen molar-refractivity contribution in [2.45, 2.75) is 0 Å². The first-order valence-electron chi connectivity index (χ1n) is 1.19. The fourth-order valence-electron chi connectivity index (χ4n) is 0. The monoisotopic (exact) mass is 66.0 g/mol. The molecular formula is C3H3BO. The van der Waals surface area contributed by atoms with Crippen molar-refractivity contribution in [2.24, 2.45) is 0 Å². The topological polar surface area (TPSA) is 17.1 Å². The molecule has 0 heterocycles. The van der Waals surface area contributed by atoms with Crippen molar-refractivity contribution in [1.29, 1.82) is 0 Å². The van der Waals surface area contributed by atoms with Gasteiger partial charge in [-0.2, -0.15) is 0 Å². The average molecular weight is 65.9 g/mol. The molecule has 2 heteroatoms. The van der Waals surface area contributed by atoms with Gasteiger partial charge in [-0.3, -0.25) is 0 Å². The molecule has 0 atom stereocenters. The molecular weight excluding hydrogens is 62.8 g/mol. The van der Waals surface area contributed by atoms with E-state index in [1.54, 1.807) is 0 Å². The minimum absolute atomic E-state index is 0.481. The summed E-state index contributed by atoms with van der Waals surface area (Å²) in [4.78, 5) is 9.47. The zero-order valence-electron chi connectivity index (χ0n) is 2.77. The van der Waals surface area contributed by atoms with E-state index in [0.29, 0.717) is 0 Å². The lowest BCUT2D eigenvalue weighted by molar-refractivity contribution is -0.107. The molecule has 0 spiro atoms. The molecule has 5 heavy (non-hydrogen) atoms. The molecule has 0 fully saturated rings. The number of allylic oxidation sites excluding steroid dienone is 1. The van der Waals surface area contributed by atoms with E-state index in [4.69, 9.17) is 0 Å². The van der Waals surface area contributed by atoms with Crippen LogP contribution < -0.4 is 0 Å². The third-order valence-electron chi connectivity index (χ3n) is 0.201. The van der Waals surface area contributed by atoms with E-state index in [1.165, 1.54) is 0 Å². The van der Waals surface area contributed by atoms with Gasteiger partial charge in [-0.1, -0.05) is 6.58 Å². The Hall–Kier alpha value is -0.525. The van der Waals surface area contributed by atoms with Gasteiger partial charge in [-0.15, -0.1) is 0 Å². The molecule has 2 radical (unpaired) electrons. The molecule has 0 N–H and O–H groups in total. The molecule has 0 aliphatic rings. The van der Waals surface area contributed by atoms with Crippen LogP contribution in [-0.2, 0) is 4.79 Å². The minimum atomic E-state index is -0.481. The molecule has 0 aliphatic carbocycles. The lowest BCUT2D eigenvalue weighted by Crippen LogP contribution is -1.84. The first-order valence-corrected chi connectivity index (χ1v) is 1.19. The smallest absolute Gasteiger partial charge is 0.174 e. The predicted molar refractivity (Wildman–Crippen MR) is 21.0 cm³/mol. The molecule has 0 aromatic heterocycles. The minimum Gasteiger partial charge on any atom is -0.308 e. The lowest BCUT2D eigenvalue weighted by atomic mass is 10.0. The van der Waals surface area contributed by atoms with Crippen LogP contribution in [0.2, 0.25) is 0 Å². The van der Waals surface area contributed by atoms with Crippen LogP contribution in [0.15, 0.2) is 12.7 Å². The normalized spacial score (nSPS) is 6.40. The predicted octanol–water partition coefficient (Wildman–Crippen LogP) is -0.133. The SMILES string of the molecule is [B]C(=O)C=C. The van der Waals surface area contributed by atoms with Crippen LogP contribution in [-0.4, -0.2) is 13.5 Å². The second-order valence-electron chi connectivity index (χ2n) is 0.606. The van der Waals surface area contributed by atoms with Crippen molar-refractivity contribution in [3.63, 3.8) is 0 Å². The summed E-state index contributed by atoms with van der Waals surface area (Å²) < 4.78 is 0. The molecule has 0 aliphatic heterocycles. The van der Waals surface area contributed by atoms with E-state index in [-0.39, 0.29) is 0 Å². The summed E-state index contributed by atoms with van der Waals surface area (Å²) in [5, 5.41) is 0. The molecule has 0 aromatic rings. The molecule has 0 rings (SSSR count). The Kier molecular flexibility index (Phi) is 1.58. The summed E-state index contributed by atoms with van der Waals surface area (Å²) in [5.41, 5.74) is -0.481. The highest BCUT2D eigenvalue weighted by Crippen LogP contribution is 1.53. The molecule has 24 valence electrons. The summed E-state index contributed by atoms with van der Waals surface area (Å²) in [6, 6.07) is 0. The van der Waals surface area contributed by atoms with Gasteiger partial charge in [-0.05, 0) is 6.08 Å². The highest BCUT2D eigenvalue weighted by molar-refractivity contribution is 6.60. The first-order chi connectivity index (χ1) is 2.27. The van der Waals surface area contributed by atoms with Gasteiger partial charge in [0.1, 0.15) is 0 Å². The van der Waals surface area contributed by atoms with Crippen LogP contribution in [0.3, 0.4) is 0 Å². The Morgan fingerprint density at radius 3 is 2.20 bits per heavy atom. The van der Waals surface area contributed by atoms with Gasteiger partial charge in [0.25, 0.3) is 0 Å². The van der Waals surface area contributed by atoms with Gasteiger partial charge < -0.3 is 4.79 Å². The van der Waals surface area contributed by atoms with Crippen LogP contribution in [0, 0.1) is 0 Å². The maximum absolute atomic E-state index is 9.47. The molecule has 1 nitrogen and oxygen atoms in total. The number of rotatable bonds is 1. The zero-order valence-corrected chi connectivity index (χ0v) is 2.77. The third-order valence-corrected chi connectivity index (χ3v) is 0.201. The Balaban J connectivity index is 3.20. The Morgan fingerprint density at radius 2 is 2.20 bits per heavy atom. The third kappa shape index (κ3) is 3.47. The van der Waals surface area contributed by atoms with Crippen LogP contribution in [0.25, 0.3) is 0 Å². The van der Waals surface area contributed by atoms with Crippen molar-refractivity contribution < 1.29 is 4.79 Å². The van der Waals surface area contributed by atoms with Crippen molar-refractivity contribution in [1.82, 2.24) is 0 Å². The van der Waals surface area contributed by atoms with Crippen molar-refractivity contribution in [3.05, 3.63) is 12.7 Å². The summed E-state index contributed by atoms with van der Waals surface area (Å²) in [5.74, 6) is 0. The second kappa shape index (κ2) is 1.76. The standard InChI is InChI=1S/C3H3BO/c1-2-3(4)5/h2H,1H2. The van der Waals surface area contributed by atoms with E-state index in [9.17, 15) is 4.79 Å². The molecule has 0 amide bonds. The fraction of sp³-hybridized carbons (Fsp3) is 0. The van der Waals surface area contributed by atoms with Gasteiger partial charge in [0.05, 0.1) is 5.68 Å². The fourth-order valence-corrected chi connectivity index (χ4v) is 0. The van der Waals surface area contributed by atoms with E-state index in [1.807, 2.05) is 0 Å². The van der Waals surface area contributed by atoms with Gasteiger partial charge in [0.2, 0.25) is 0 Å². The van der Waals surface area contributed by atoms with E-state index in [0.717, 1.165) is 6.08 Å². The van der Waals surface area contributed by atoms with Crippen LogP contribution in [0.5, 0.6) is 0 Å². The number of carbonyl (C=O) groups is 1. The Bertz CT molecular complexity index is 57.9. The van der Waals surface area contributed by atoms with Gasteiger partial charge in [-0.25, -0.2) is 0 Å². The molecule has 0 saturated carbocycles. The number of hydrogen-bond acceptors (Lipinski definition) is 1. The number of hydrogen-bond donors (Lipinski definition) is 0. The average Bonchev–Trinajstić information content (AvgIpc) is 1.38. The van der Waals surface area contributed by atoms with E-state index < -0.39 is 5.68 Å². The van der Waals surface area contributed by atoms with Crippen molar-refractivity contribution in [2.75, 3.05) is 0 Å². The molecule has 0 unspecified atom stereocenters. The summed E-state index contributed by atoms with van der Waals surface area (Å²) in [7, 11) is 4.53. The molecule has 0 saturated heterocycles. The second-order valence-corrected chi connectivity index (χ2v) is 0.606. The number of carbonyl (C=O) groups excluding carboxylic acids is 1. The molecule has 0 bridgehead atoms. The van der Waals surface area contributed by atoms with E-state index in [2.05, 4.69) is 14.4 Å². The van der Waals surface area contributed by atoms with Crippen molar-refractivity contribution >= 4 is 13.5 Å². The van der Waals surface area contributed by atoms with Crippen LogP contribution in [0.4, 0.5) is 0 Å². The van der Waals surface area contributed by atoms with Gasteiger partial charge in [0.15, 0.2) is 7.85 Å². The highest BCUT2D eigenvalue weighted by atomic mass is 16.1. The summed E-state index contributed by atoms with van der Waals surface area (Å²) >= 11 is 0. The Labute approximate surface area is 32.1 Å². The first kappa shape index (κ1) is 4.47. The Morgan fingerprint density at radius 1 is 2.00 bits per heavy atom. The largest absolute Gasteiger partial charge is 0.308 e. The highest BCUT2D eigenvalue weighted by Gasteiger charge is 1.69. The van der Waals surface area contributed by atoms with Gasteiger partial charge >= 0.3 is 0 Å². The van der Waals surface area contributed by atoms with Crippen molar-refractivity contribution in [3.8, 4) is 0 Å². The summed E-state index contributed by atoms with van der Waals surface area (Å²) in [6.45, 7) is 3.09. The molecule has 0 aromatic carbocycles. The maximum Gasteiger partial charge on any atom is 0.174 e. The summed E-state index contributed by atoms with van der Waals surface area (Å²) in [6.07, 6.45) is 1.06.